The number of ether oxygens (including phenoxy) is 2. The van der Waals surface area contributed by atoms with Gasteiger partial charge in [-0.3, -0.25) is 0 Å². The molecule has 1 aliphatic rings. The molecule has 0 spiro atoms. The van der Waals surface area contributed by atoms with Crippen molar-refractivity contribution in [1.29, 1.82) is 0 Å². The zero-order chi connectivity index (χ0) is 19.2. The summed E-state index contributed by atoms with van der Waals surface area (Å²) in [7, 11) is 1.68. The predicted molar refractivity (Wildman–Crippen MR) is 109 cm³/mol. The van der Waals surface area contributed by atoms with E-state index in [2.05, 4.69) is 43.6 Å². The van der Waals surface area contributed by atoms with Crippen LogP contribution >= 0.6 is 0 Å². The molecule has 0 amide bonds. The van der Waals surface area contributed by atoms with Gasteiger partial charge in [-0.15, -0.1) is 0 Å². The molecule has 0 saturated carbocycles. The van der Waals surface area contributed by atoms with Crippen molar-refractivity contribution in [2.75, 3.05) is 20.3 Å². The summed E-state index contributed by atoms with van der Waals surface area (Å²) in [6.45, 7) is 9.50. The number of methoxy groups -OCH3 is 1. The van der Waals surface area contributed by atoms with Gasteiger partial charge in [0.25, 0.3) is 0 Å². The van der Waals surface area contributed by atoms with Crippen molar-refractivity contribution in [3.8, 4) is 11.5 Å². The van der Waals surface area contributed by atoms with Crippen molar-refractivity contribution >= 4 is 16.5 Å². The first-order valence-electron chi connectivity index (χ1n) is 9.25. The van der Waals surface area contributed by atoms with E-state index in [1.54, 1.807) is 7.11 Å². The van der Waals surface area contributed by atoms with Crippen molar-refractivity contribution in [3.05, 3.63) is 65.4 Å². The van der Waals surface area contributed by atoms with Crippen LogP contribution in [0, 0.1) is 0 Å². The van der Waals surface area contributed by atoms with Gasteiger partial charge in [0.15, 0.2) is 0 Å². The fraction of sp³-hybridized carbons (Fsp3) is 0.304. The zero-order valence-corrected chi connectivity index (χ0v) is 16.1. The van der Waals surface area contributed by atoms with Gasteiger partial charge in [0.2, 0.25) is 0 Å². The van der Waals surface area contributed by atoms with Crippen LogP contribution in [0.15, 0.2) is 43.0 Å². The molecule has 140 valence electrons. The van der Waals surface area contributed by atoms with Gasteiger partial charge >= 0.3 is 0 Å². The number of hydrogen-bond acceptors (Lipinski definition) is 3. The third-order valence-corrected chi connectivity index (χ3v) is 5.49. The fourth-order valence-corrected chi connectivity index (χ4v) is 4.00. The summed E-state index contributed by atoms with van der Waals surface area (Å²) < 4.78 is 11.2. The second kappa shape index (κ2) is 6.46. The summed E-state index contributed by atoms with van der Waals surface area (Å²) in [5.74, 6) is 1.66. The number of aromatic nitrogens is 1. The molecule has 4 nitrogen and oxygen atoms in total. The largest absolute Gasteiger partial charge is 0.497 e. The van der Waals surface area contributed by atoms with E-state index in [4.69, 9.17) is 14.6 Å². The molecule has 4 rings (SSSR count). The molecule has 0 bridgehead atoms. The van der Waals surface area contributed by atoms with E-state index in [-0.39, 0.29) is 12.0 Å². The molecule has 1 aliphatic carbocycles. The highest BCUT2D eigenvalue weighted by Crippen LogP contribution is 2.49. The van der Waals surface area contributed by atoms with Gasteiger partial charge in [0.05, 0.1) is 13.7 Å². The first-order chi connectivity index (χ1) is 13.0. The van der Waals surface area contributed by atoms with Crippen molar-refractivity contribution < 1.29 is 14.6 Å². The Balaban J connectivity index is 1.85. The van der Waals surface area contributed by atoms with E-state index in [0.29, 0.717) is 13.0 Å². The van der Waals surface area contributed by atoms with Crippen LogP contribution in [0.4, 0.5) is 0 Å². The van der Waals surface area contributed by atoms with Crippen LogP contribution in [0.3, 0.4) is 0 Å². The minimum atomic E-state index is -0.214. The second-order valence-corrected chi connectivity index (χ2v) is 7.52. The molecule has 4 heteroatoms. The molecule has 0 fully saturated rings. The summed E-state index contributed by atoms with van der Waals surface area (Å²) in [6.07, 6.45) is 0.626. The molecule has 3 aromatic rings. The Morgan fingerprint density at radius 3 is 2.63 bits per heavy atom. The Kier molecular flexibility index (Phi) is 4.23. The standard InChI is InChI=1S/C23H25NO3/c1-14-17-8-7-16(27-11-5-10-25)12-19(17)23(2,3)22-21(14)18-9-6-15(26-4)13-20(18)24-22/h6-9,12-13,24-25H,1,5,10-11H2,2-4H3. The van der Waals surface area contributed by atoms with E-state index < -0.39 is 0 Å². The van der Waals surface area contributed by atoms with Gasteiger partial charge in [-0.1, -0.05) is 26.5 Å². The second-order valence-electron chi connectivity index (χ2n) is 7.52. The van der Waals surface area contributed by atoms with E-state index in [0.717, 1.165) is 39.2 Å². The Morgan fingerprint density at radius 2 is 1.89 bits per heavy atom. The normalized spacial score (nSPS) is 14.7. The van der Waals surface area contributed by atoms with Crippen LogP contribution in [-0.4, -0.2) is 30.4 Å². The highest BCUT2D eigenvalue weighted by Gasteiger charge is 2.37. The van der Waals surface area contributed by atoms with Crippen molar-refractivity contribution in [2.45, 2.75) is 25.7 Å². The van der Waals surface area contributed by atoms with Gasteiger partial charge in [0, 0.05) is 46.7 Å². The molecular formula is C23H25NO3. The molecule has 27 heavy (non-hydrogen) atoms. The average Bonchev–Trinajstić information content (AvgIpc) is 3.06. The van der Waals surface area contributed by atoms with Gasteiger partial charge in [-0.2, -0.15) is 0 Å². The first kappa shape index (κ1) is 17.7. The molecule has 0 unspecified atom stereocenters. The Bertz CT molecular complexity index is 1030. The number of H-pyrrole nitrogens is 1. The van der Waals surface area contributed by atoms with Gasteiger partial charge in [0.1, 0.15) is 11.5 Å². The van der Waals surface area contributed by atoms with Crippen LogP contribution in [0.25, 0.3) is 16.5 Å². The Morgan fingerprint density at radius 1 is 1.11 bits per heavy atom. The number of rotatable bonds is 5. The highest BCUT2D eigenvalue weighted by molar-refractivity contribution is 6.01. The number of fused-ring (bicyclic) bond motifs is 4. The maximum absolute atomic E-state index is 8.97. The van der Waals surface area contributed by atoms with Gasteiger partial charge in [-0.05, 0) is 41.0 Å². The monoisotopic (exact) mass is 363 g/mol. The molecule has 1 heterocycles. The number of aromatic amines is 1. The third kappa shape index (κ3) is 2.72. The fourth-order valence-electron chi connectivity index (χ4n) is 4.00. The third-order valence-electron chi connectivity index (χ3n) is 5.49. The first-order valence-corrected chi connectivity index (χ1v) is 9.25. The van der Waals surface area contributed by atoms with Crippen LogP contribution in [-0.2, 0) is 5.41 Å². The maximum Gasteiger partial charge on any atom is 0.120 e. The number of aliphatic hydroxyl groups is 1. The number of hydrogen-bond donors (Lipinski definition) is 2. The summed E-state index contributed by atoms with van der Waals surface area (Å²) in [5.41, 5.74) is 6.56. The summed E-state index contributed by atoms with van der Waals surface area (Å²) in [6, 6.07) is 12.3. The molecule has 1 aromatic heterocycles. The van der Waals surface area contributed by atoms with Crippen LogP contribution in [0.5, 0.6) is 11.5 Å². The predicted octanol–water partition coefficient (Wildman–Crippen LogP) is 4.64. The van der Waals surface area contributed by atoms with Crippen LogP contribution in [0.2, 0.25) is 0 Å². The van der Waals surface area contributed by atoms with E-state index in [1.807, 2.05) is 18.2 Å². The van der Waals surface area contributed by atoms with Crippen molar-refractivity contribution in [2.24, 2.45) is 0 Å². The summed E-state index contributed by atoms with van der Waals surface area (Å²) >= 11 is 0. The molecule has 0 radical (unpaired) electrons. The van der Waals surface area contributed by atoms with Crippen molar-refractivity contribution in [3.63, 3.8) is 0 Å². The molecule has 2 N–H and O–H groups in total. The average molecular weight is 363 g/mol. The lowest BCUT2D eigenvalue weighted by Gasteiger charge is -2.34. The highest BCUT2D eigenvalue weighted by atomic mass is 16.5. The lowest BCUT2D eigenvalue weighted by molar-refractivity contribution is 0.233. The van der Waals surface area contributed by atoms with E-state index in [9.17, 15) is 0 Å². The van der Waals surface area contributed by atoms with Crippen molar-refractivity contribution in [1.82, 2.24) is 4.98 Å². The minimum absolute atomic E-state index is 0.134. The lowest BCUT2D eigenvalue weighted by atomic mass is 9.70. The SMILES string of the molecule is C=C1c2ccc(OCCCO)cc2C(C)(C)c2[nH]c3cc(OC)ccc3c21. The minimum Gasteiger partial charge on any atom is -0.497 e. The Hall–Kier alpha value is -2.72. The molecular weight excluding hydrogens is 338 g/mol. The zero-order valence-electron chi connectivity index (χ0n) is 16.1. The van der Waals surface area contributed by atoms with E-state index in [1.165, 1.54) is 11.1 Å². The summed E-state index contributed by atoms with van der Waals surface area (Å²) in [5, 5.41) is 10.1. The Labute approximate surface area is 159 Å². The lowest BCUT2D eigenvalue weighted by Crippen LogP contribution is -2.26. The van der Waals surface area contributed by atoms with Gasteiger partial charge in [-0.25, -0.2) is 0 Å². The van der Waals surface area contributed by atoms with E-state index >= 15 is 0 Å². The van der Waals surface area contributed by atoms with Crippen LogP contribution in [0.1, 0.15) is 42.7 Å². The number of benzene rings is 2. The molecule has 0 aliphatic heterocycles. The molecule has 0 atom stereocenters. The number of nitrogens with one attached hydrogen (secondary N) is 1. The molecule has 0 saturated heterocycles. The smallest absolute Gasteiger partial charge is 0.120 e. The molecule has 2 aromatic carbocycles. The quantitative estimate of drug-likeness (QED) is 0.650. The van der Waals surface area contributed by atoms with Crippen LogP contribution < -0.4 is 9.47 Å². The van der Waals surface area contributed by atoms with Gasteiger partial charge < -0.3 is 19.6 Å². The number of aliphatic hydroxyl groups excluding tert-OH is 1. The topological polar surface area (TPSA) is 54.5 Å². The summed E-state index contributed by atoms with van der Waals surface area (Å²) in [4.78, 5) is 3.61. The maximum atomic E-state index is 8.97.